The second kappa shape index (κ2) is 6.65. The molecule has 0 aliphatic rings. The van der Waals surface area contributed by atoms with Crippen molar-refractivity contribution >= 4 is 11.8 Å². The van der Waals surface area contributed by atoms with E-state index in [1.807, 2.05) is 12.1 Å². The van der Waals surface area contributed by atoms with E-state index in [1.54, 1.807) is 12.4 Å². The summed E-state index contributed by atoms with van der Waals surface area (Å²) in [6, 6.07) is 5.37. The maximum atomic E-state index is 11.7. The number of ether oxygens (including phenoxy) is 1. The zero-order valence-corrected chi connectivity index (χ0v) is 11.3. The molecule has 0 saturated heterocycles. The van der Waals surface area contributed by atoms with Crippen molar-refractivity contribution in [2.24, 2.45) is 0 Å². The number of aromatic nitrogens is 2. The summed E-state index contributed by atoms with van der Waals surface area (Å²) in [5, 5.41) is 0. The highest BCUT2D eigenvalue weighted by Gasteiger charge is 2.11. The van der Waals surface area contributed by atoms with Crippen molar-refractivity contribution in [1.82, 2.24) is 9.97 Å². The number of aryl methyl sites for hydroxylation is 1. The SMILES string of the molecule is CC(=O)c1c[nH]c(C(=O)OCCCc2cccnc2)c1. The first-order valence-electron chi connectivity index (χ1n) is 6.42. The summed E-state index contributed by atoms with van der Waals surface area (Å²) in [6.45, 7) is 1.79. The van der Waals surface area contributed by atoms with Gasteiger partial charge in [0.1, 0.15) is 5.69 Å². The first-order chi connectivity index (χ1) is 9.66. The van der Waals surface area contributed by atoms with Crippen molar-refractivity contribution < 1.29 is 14.3 Å². The number of H-pyrrole nitrogens is 1. The lowest BCUT2D eigenvalue weighted by atomic mass is 10.2. The fourth-order valence-corrected chi connectivity index (χ4v) is 1.78. The number of Topliss-reactive ketones (excluding diaryl/α,β-unsaturated/α-hetero) is 1. The van der Waals surface area contributed by atoms with E-state index < -0.39 is 5.97 Å². The number of ketones is 1. The average molecular weight is 272 g/mol. The van der Waals surface area contributed by atoms with Crippen LogP contribution in [0, 0.1) is 0 Å². The van der Waals surface area contributed by atoms with Crippen LogP contribution < -0.4 is 0 Å². The highest BCUT2D eigenvalue weighted by molar-refractivity contribution is 5.97. The Morgan fingerprint density at radius 3 is 2.90 bits per heavy atom. The van der Waals surface area contributed by atoms with E-state index in [2.05, 4.69) is 9.97 Å². The molecule has 0 spiro atoms. The average Bonchev–Trinajstić information content (AvgIpc) is 2.94. The molecule has 20 heavy (non-hydrogen) atoms. The summed E-state index contributed by atoms with van der Waals surface area (Å²) >= 11 is 0. The second-order valence-corrected chi connectivity index (χ2v) is 4.46. The molecule has 0 saturated carbocycles. The van der Waals surface area contributed by atoms with E-state index in [9.17, 15) is 9.59 Å². The molecule has 0 aliphatic carbocycles. The molecule has 0 atom stereocenters. The number of rotatable bonds is 6. The van der Waals surface area contributed by atoms with E-state index in [4.69, 9.17) is 4.74 Å². The maximum Gasteiger partial charge on any atom is 0.354 e. The first kappa shape index (κ1) is 14.0. The monoisotopic (exact) mass is 272 g/mol. The van der Waals surface area contributed by atoms with Crippen LogP contribution in [0.4, 0.5) is 0 Å². The van der Waals surface area contributed by atoms with E-state index >= 15 is 0 Å². The molecule has 104 valence electrons. The molecule has 5 heteroatoms. The number of nitrogens with one attached hydrogen (secondary N) is 1. The number of aromatic amines is 1. The molecule has 5 nitrogen and oxygen atoms in total. The predicted molar refractivity (Wildman–Crippen MR) is 73.6 cm³/mol. The van der Waals surface area contributed by atoms with Gasteiger partial charge in [-0.3, -0.25) is 9.78 Å². The number of hydrogen-bond donors (Lipinski definition) is 1. The molecule has 0 aromatic carbocycles. The molecular formula is C15H16N2O3. The second-order valence-electron chi connectivity index (χ2n) is 4.46. The molecule has 2 rings (SSSR count). The van der Waals surface area contributed by atoms with Gasteiger partial charge in [-0.15, -0.1) is 0 Å². The van der Waals surface area contributed by atoms with Crippen LogP contribution in [0.5, 0.6) is 0 Å². The van der Waals surface area contributed by atoms with E-state index in [0.717, 1.165) is 18.4 Å². The Bertz CT molecular complexity index is 590. The summed E-state index contributed by atoms with van der Waals surface area (Å²) in [6.07, 6.45) is 6.57. The molecule has 0 bridgehead atoms. The van der Waals surface area contributed by atoms with E-state index in [1.165, 1.54) is 19.2 Å². The van der Waals surface area contributed by atoms with Gasteiger partial charge in [-0.2, -0.15) is 0 Å². The predicted octanol–water partition coefficient (Wildman–Crippen LogP) is 2.40. The molecule has 2 aromatic heterocycles. The molecule has 0 aliphatic heterocycles. The van der Waals surface area contributed by atoms with Crippen molar-refractivity contribution in [2.45, 2.75) is 19.8 Å². The number of carbonyl (C=O) groups excluding carboxylic acids is 2. The number of esters is 1. The van der Waals surface area contributed by atoms with E-state index in [0.29, 0.717) is 17.9 Å². The third kappa shape index (κ3) is 3.78. The lowest BCUT2D eigenvalue weighted by Crippen LogP contribution is -2.07. The minimum atomic E-state index is -0.441. The Balaban J connectivity index is 1.76. The van der Waals surface area contributed by atoms with Crippen LogP contribution in [0.3, 0.4) is 0 Å². The fourth-order valence-electron chi connectivity index (χ4n) is 1.78. The van der Waals surface area contributed by atoms with Crippen molar-refractivity contribution in [3.8, 4) is 0 Å². The van der Waals surface area contributed by atoms with Crippen molar-refractivity contribution in [3.63, 3.8) is 0 Å². The van der Waals surface area contributed by atoms with Crippen LogP contribution in [0.2, 0.25) is 0 Å². The third-order valence-corrected chi connectivity index (χ3v) is 2.88. The van der Waals surface area contributed by atoms with Gasteiger partial charge in [0.25, 0.3) is 0 Å². The normalized spacial score (nSPS) is 10.2. The van der Waals surface area contributed by atoms with E-state index in [-0.39, 0.29) is 5.78 Å². The van der Waals surface area contributed by atoms with Crippen molar-refractivity contribution in [1.29, 1.82) is 0 Å². The van der Waals surface area contributed by atoms with Crippen molar-refractivity contribution in [2.75, 3.05) is 6.61 Å². The molecule has 2 aromatic rings. The highest BCUT2D eigenvalue weighted by atomic mass is 16.5. The Kier molecular flexibility index (Phi) is 4.65. The Morgan fingerprint density at radius 1 is 1.40 bits per heavy atom. The van der Waals surface area contributed by atoms with Crippen molar-refractivity contribution in [3.05, 3.63) is 53.6 Å². The zero-order chi connectivity index (χ0) is 14.4. The number of hydrogen-bond acceptors (Lipinski definition) is 4. The van der Waals surface area contributed by atoms with Gasteiger partial charge in [0.15, 0.2) is 5.78 Å². The molecule has 1 N–H and O–H groups in total. The summed E-state index contributed by atoms with van der Waals surface area (Å²) in [5.74, 6) is -0.527. The summed E-state index contributed by atoms with van der Waals surface area (Å²) in [5.41, 5.74) is 1.89. The molecule has 0 fully saturated rings. The zero-order valence-electron chi connectivity index (χ0n) is 11.3. The van der Waals surface area contributed by atoms with Gasteiger partial charge in [0, 0.05) is 24.2 Å². The van der Waals surface area contributed by atoms with Gasteiger partial charge >= 0.3 is 5.97 Å². The minimum Gasteiger partial charge on any atom is -0.461 e. The third-order valence-electron chi connectivity index (χ3n) is 2.88. The van der Waals surface area contributed by atoms with Crippen LogP contribution in [-0.4, -0.2) is 28.3 Å². The van der Waals surface area contributed by atoms with Crippen LogP contribution in [0.15, 0.2) is 36.8 Å². The summed E-state index contributed by atoms with van der Waals surface area (Å²) < 4.78 is 5.14. The maximum absolute atomic E-state index is 11.7. The molecule has 2 heterocycles. The van der Waals surface area contributed by atoms with Gasteiger partial charge in [-0.05, 0) is 37.5 Å². The van der Waals surface area contributed by atoms with Gasteiger partial charge in [0.05, 0.1) is 6.61 Å². The van der Waals surface area contributed by atoms with Crippen LogP contribution in [0.25, 0.3) is 0 Å². The summed E-state index contributed by atoms with van der Waals surface area (Å²) in [7, 11) is 0. The molecule has 0 radical (unpaired) electrons. The smallest absolute Gasteiger partial charge is 0.354 e. The van der Waals surface area contributed by atoms with Crippen LogP contribution >= 0.6 is 0 Å². The lowest BCUT2D eigenvalue weighted by Gasteiger charge is -2.03. The molecule has 0 amide bonds. The Morgan fingerprint density at radius 2 is 2.25 bits per heavy atom. The first-order valence-corrected chi connectivity index (χ1v) is 6.42. The largest absolute Gasteiger partial charge is 0.461 e. The topological polar surface area (TPSA) is 72.0 Å². The molecule has 0 unspecified atom stereocenters. The minimum absolute atomic E-state index is 0.0862. The van der Waals surface area contributed by atoms with Crippen LogP contribution in [0.1, 0.15) is 39.8 Å². The van der Waals surface area contributed by atoms with Crippen LogP contribution in [-0.2, 0) is 11.2 Å². The van der Waals surface area contributed by atoms with Gasteiger partial charge in [-0.25, -0.2) is 4.79 Å². The fraction of sp³-hybridized carbons (Fsp3) is 0.267. The Hall–Kier alpha value is -2.43. The summed E-state index contributed by atoms with van der Waals surface area (Å²) in [4.78, 5) is 29.6. The highest BCUT2D eigenvalue weighted by Crippen LogP contribution is 2.07. The van der Waals surface area contributed by atoms with Gasteiger partial charge in [-0.1, -0.05) is 6.07 Å². The lowest BCUT2D eigenvalue weighted by molar-refractivity contribution is 0.0494. The Labute approximate surface area is 117 Å². The number of carbonyl (C=O) groups is 2. The van der Waals surface area contributed by atoms with Gasteiger partial charge < -0.3 is 9.72 Å². The number of pyridine rings is 1. The quantitative estimate of drug-likeness (QED) is 0.498. The standard InChI is InChI=1S/C15H16N2O3/c1-11(18)13-8-14(17-10-13)15(19)20-7-3-5-12-4-2-6-16-9-12/h2,4,6,8-10,17H,3,5,7H2,1H3. The molecular weight excluding hydrogens is 256 g/mol. The van der Waals surface area contributed by atoms with Gasteiger partial charge in [0.2, 0.25) is 0 Å². The number of nitrogens with zero attached hydrogens (tertiary/aromatic N) is 1.